The van der Waals surface area contributed by atoms with Crippen LogP contribution in [0, 0.1) is 0 Å². The Kier molecular flexibility index (Phi) is 13.6. The molecule has 0 unspecified atom stereocenters. The Labute approximate surface area is 434 Å². The molecule has 0 aliphatic heterocycles. The van der Waals surface area contributed by atoms with Crippen LogP contribution in [-0.2, 0) is 40.8 Å². The molecule has 370 valence electrons. The van der Waals surface area contributed by atoms with Crippen LogP contribution >= 0.6 is 0 Å². The molecule has 12 aromatic rings. The van der Waals surface area contributed by atoms with Crippen molar-refractivity contribution in [2.45, 2.75) is 40.0 Å². The van der Waals surface area contributed by atoms with E-state index in [0.717, 1.165) is 17.2 Å². The van der Waals surface area contributed by atoms with Crippen LogP contribution in [-0.4, -0.2) is 18.5 Å². The van der Waals surface area contributed by atoms with Gasteiger partial charge < -0.3 is 18.8 Å². The Balaban J connectivity index is 0.000000698. The van der Waals surface area contributed by atoms with Crippen molar-refractivity contribution in [3.05, 3.63) is 253 Å². The minimum Gasteiger partial charge on any atom is -0.741 e. The molecule has 0 fully saturated rings. The lowest BCUT2D eigenvalue weighted by atomic mass is 9.97. The third-order valence-electron chi connectivity index (χ3n) is 13.2. The lowest BCUT2D eigenvalue weighted by Gasteiger charge is -2.14. The van der Waals surface area contributed by atoms with Gasteiger partial charge >= 0.3 is 5.51 Å². The maximum Gasteiger partial charge on any atom is 0.485 e. The molecule has 0 radical (unpaired) electrons. The van der Waals surface area contributed by atoms with E-state index in [-0.39, 0.29) is 0 Å². The number of benzene rings is 12. The van der Waals surface area contributed by atoms with Gasteiger partial charge in [0.15, 0.2) is 24.8 Å². The molecule has 0 N–H and O–H groups in total. The van der Waals surface area contributed by atoms with Gasteiger partial charge in [0.1, 0.15) is 37.1 Å². The van der Waals surface area contributed by atoms with E-state index < -0.39 is 26.5 Å². The molecule has 12 rings (SSSR count). The average molecular weight is 1030 g/mol. The van der Waals surface area contributed by atoms with Crippen molar-refractivity contribution in [1.29, 1.82) is 0 Å². The Hall–Kier alpha value is -8.35. The van der Waals surface area contributed by atoms with E-state index in [0.29, 0.717) is 19.8 Å². The first kappa shape index (κ1) is 48.9. The van der Waals surface area contributed by atoms with Gasteiger partial charge in [0.25, 0.3) is 0 Å². The third kappa shape index (κ3) is 10.4. The molecular formula is C64H45F3O6S2. The molecule has 0 atom stereocenters. The smallest absolute Gasteiger partial charge is 0.485 e. The molecule has 0 spiro atoms. The van der Waals surface area contributed by atoms with Gasteiger partial charge in [0.05, 0.1) is 10.9 Å². The molecule has 0 aromatic heterocycles. The number of fused-ring (bicyclic) bond motifs is 8. The van der Waals surface area contributed by atoms with Gasteiger partial charge in [-0.15, -0.1) is 0 Å². The lowest BCUT2D eigenvalue weighted by Crippen LogP contribution is -2.21. The van der Waals surface area contributed by atoms with E-state index in [1.54, 1.807) is 0 Å². The maximum atomic E-state index is 10.7. The number of rotatable bonds is 12. The zero-order chi connectivity index (χ0) is 51.5. The summed E-state index contributed by atoms with van der Waals surface area (Å²) < 4.78 is 78.5. The van der Waals surface area contributed by atoms with Crippen LogP contribution < -0.4 is 14.2 Å². The van der Waals surface area contributed by atoms with Crippen LogP contribution in [0.3, 0.4) is 0 Å². The molecule has 0 aliphatic rings. The van der Waals surface area contributed by atoms with Crippen molar-refractivity contribution in [3.8, 4) is 17.2 Å². The van der Waals surface area contributed by atoms with Crippen LogP contribution in [0.25, 0.3) is 64.6 Å². The van der Waals surface area contributed by atoms with Crippen LogP contribution in [0.2, 0.25) is 0 Å². The highest BCUT2D eigenvalue weighted by Crippen LogP contribution is 2.37. The minimum absolute atomic E-state index is 0.432. The molecule has 0 amide bonds. The number of alkyl halides is 3. The monoisotopic (exact) mass is 1030 g/mol. The highest BCUT2D eigenvalue weighted by atomic mass is 32.2. The van der Waals surface area contributed by atoms with E-state index in [2.05, 4.69) is 237 Å². The fourth-order valence-corrected chi connectivity index (χ4v) is 11.7. The molecule has 0 aliphatic carbocycles. The predicted octanol–water partition coefficient (Wildman–Crippen LogP) is 16.5. The molecule has 0 saturated carbocycles. The second-order valence-corrected chi connectivity index (χ2v) is 21.3. The Bertz CT molecular complexity index is 3930. The average Bonchev–Trinajstić information content (AvgIpc) is 3.43. The summed E-state index contributed by atoms with van der Waals surface area (Å²) in [5, 5.41) is 14.8. The van der Waals surface area contributed by atoms with Crippen LogP contribution in [0.4, 0.5) is 13.2 Å². The molecule has 6 nitrogen and oxygen atoms in total. The second-order valence-electron chi connectivity index (χ2n) is 17.9. The second kappa shape index (κ2) is 20.9. The van der Waals surface area contributed by atoms with E-state index in [1.807, 2.05) is 0 Å². The number of ether oxygens (including phenoxy) is 3. The van der Waals surface area contributed by atoms with Crippen molar-refractivity contribution in [2.24, 2.45) is 0 Å². The zero-order valence-corrected chi connectivity index (χ0v) is 41.7. The standard InChI is InChI=1S/C63H45O3S.CHF3O3S/c1-5-17-55-45(15-1)38-47(59-21-9-11-23-61(55)59)40-64-49-25-31-52(32-26-49)67(53-33-27-50(28-34-53)65-41-48-39-46-16-2-6-18-56(46)62-24-12-10-22-60(48)62)54-35-29-51(30-36-54)66-42-63-57-19-7-3-13-43(57)37-44-14-4-8-20-58(44)63;2-1(3,4)8(5,6)7/h1-39H,40-42H2;(H,5,6,7)/q+1;/p-1. The molecule has 0 heterocycles. The van der Waals surface area contributed by atoms with Crippen LogP contribution in [0.5, 0.6) is 17.2 Å². The molecule has 75 heavy (non-hydrogen) atoms. The first-order valence-corrected chi connectivity index (χ1v) is 26.7. The van der Waals surface area contributed by atoms with Crippen molar-refractivity contribution in [1.82, 2.24) is 0 Å². The van der Waals surface area contributed by atoms with Gasteiger partial charge in [-0.2, -0.15) is 13.2 Å². The first-order chi connectivity index (χ1) is 36.4. The van der Waals surface area contributed by atoms with E-state index in [9.17, 15) is 13.2 Å². The molecule has 11 heteroatoms. The summed E-state index contributed by atoms with van der Waals surface area (Å²) in [6.45, 7) is 1.42. The topological polar surface area (TPSA) is 84.9 Å². The highest BCUT2D eigenvalue weighted by molar-refractivity contribution is 7.97. The Morgan fingerprint density at radius 3 is 0.987 bits per heavy atom. The van der Waals surface area contributed by atoms with Crippen LogP contribution in [0.1, 0.15) is 16.7 Å². The van der Waals surface area contributed by atoms with Gasteiger partial charge in [-0.1, -0.05) is 146 Å². The summed E-state index contributed by atoms with van der Waals surface area (Å²) in [5.74, 6) is 2.50. The first-order valence-electron chi connectivity index (χ1n) is 24.1. The van der Waals surface area contributed by atoms with Gasteiger partial charge in [0.2, 0.25) is 0 Å². The summed E-state index contributed by atoms with van der Waals surface area (Å²) >= 11 is 0. The fourth-order valence-electron chi connectivity index (χ4n) is 9.67. The Morgan fingerprint density at radius 1 is 0.360 bits per heavy atom. The number of hydrogen-bond acceptors (Lipinski definition) is 6. The zero-order valence-electron chi connectivity index (χ0n) is 40.0. The predicted molar refractivity (Wildman–Crippen MR) is 295 cm³/mol. The van der Waals surface area contributed by atoms with Crippen molar-refractivity contribution < 1.29 is 40.4 Å². The summed E-state index contributed by atoms with van der Waals surface area (Å²) in [7, 11) is -6.52. The van der Waals surface area contributed by atoms with E-state index in [4.69, 9.17) is 27.2 Å². The van der Waals surface area contributed by atoms with Gasteiger partial charge in [-0.3, -0.25) is 0 Å². The van der Waals surface area contributed by atoms with Crippen molar-refractivity contribution in [3.63, 3.8) is 0 Å². The minimum atomic E-state index is -6.09. The maximum absolute atomic E-state index is 10.7. The van der Waals surface area contributed by atoms with E-state index >= 15 is 0 Å². The molecule has 0 bridgehead atoms. The van der Waals surface area contributed by atoms with Gasteiger partial charge in [-0.05, 0) is 167 Å². The fraction of sp³-hybridized carbons (Fsp3) is 0.0625. The quantitative estimate of drug-likeness (QED) is 0.0398. The molecule has 0 saturated heterocycles. The molecule has 12 aromatic carbocycles. The lowest BCUT2D eigenvalue weighted by molar-refractivity contribution is -0.0517. The van der Waals surface area contributed by atoms with Crippen molar-refractivity contribution >= 4 is 85.6 Å². The van der Waals surface area contributed by atoms with E-state index in [1.165, 1.54) is 96.0 Å². The van der Waals surface area contributed by atoms with Gasteiger partial charge in [-0.25, -0.2) is 8.42 Å². The normalized spacial score (nSPS) is 11.9. The summed E-state index contributed by atoms with van der Waals surface area (Å²) in [6, 6.07) is 84.2. The van der Waals surface area contributed by atoms with Gasteiger partial charge in [0, 0.05) is 5.56 Å². The number of hydrogen-bond donors (Lipinski definition) is 0. The molecular weight excluding hydrogens is 986 g/mol. The summed E-state index contributed by atoms with van der Waals surface area (Å²) in [6.07, 6.45) is 0. The summed E-state index contributed by atoms with van der Waals surface area (Å²) in [5.41, 5.74) is -2.10. The third-order valence-corrected chi connectivity index (χ3v) is 16.0. The van der Waals surface area contributed by atoms with Crippen LogP contribution in [0.15, 0.2) is 251 Å². The largest absolute Gasteiger partial charge is 0.741 e. The summed E-state index contributed by atoms with van der Waals surface area (Å²) in [4.78, 5) is 3.57. The SMILES string of the molecule is O=S(=O)([O-])C(F)(F)F.c1ccc2c(COc3ccc([S+](c4ccc(OCc5cc6ccccc6c6ccccc56)cc4)c4ccc(OCc5cc6ccccc6c6ccccc56)cc4)cc3)c3ccccc3cc2c1. The number of halogens is 3. The Morgan fingerprint density at radius 2 is 0.640 bits per heavy atom. The van der Waals surface area contributed by atoms with Crippen molar-refractivity contribution in [2.75, 3.05) is 0 Å². The highest BCUT2D eigenvalue weighted by Gasteiger charge is 2.37.